The third-order valence-electron chi connectivity index (χ3n) is 2.80. The molecule has 2 aromatic rings. The first kappa shape index (κ1) is 12.3. The molecular weight excluding hydrogens is 228 g/mol. The minimum Gasteiger partial charge on any atom is -0.461 e. The number of ketones is 2. The molecule has 0 saturated heterocycles. The van der Waals surface area contributed by atoms with E-state index in [2.05, 4.69) is 0 Å². The van der Waals surface area contributed by atoms with E-state index in [4.69, 9.17) is 4.42 Å². The van der Waals surface area contributed by atoms with Crippen LogP contribution < -0.4 is 0 Å². The maximum absolute atomic E-state index is 12.0. The van der Waals surface area contributed by atoms with Gasteiger partial charge in [-0.05, 0) is 31.5 Å². The zero-order chi connectivity index (χ0) is 13.1. The van der Waals surface area contributed by atoms with Crippen LogP contribution in [0.25, 0.3) is 0 Å². The number of furan rings is 1. The minimum absolute atomic E-state index is 0.155. The van der Waals surface area contributed by atoms with Crippen molar-refractivity contribution in [1.82, 2.24) is 0 Å². The van der Waals surface area contributed by atoms with Crippen molar-refractivity contribution < 1.29 is 14.0 Å². The Kier molecular flexibility index (Phi) is 3.42. The summed E-state index contributed by atoms with van der Waals surface area (Å²) >= 11 is 0. The number of Topliss-reactive ketones (excluding diaryl/α,β-unsaturated/α-hetero) is 2. The van der Waals surface area contributed by atoms with Crippen LogP contribution in [-0.2, 0) is 0 Å². The highest BCUT2D eigenvalue weighted by Gasteiger charge is 2.16. The van der Waals surface area contributed by atoms with Gasteiger partial charge in [-0.3, -0.25) is 9.59 Å². The molecule has 0 fully saturated rings. The van der Waals surface area contributed by atoms with E-state index in [0.29, 0.717) is 5.56 Å². The maximum atomic E-state index is 12.0. The van der Waals surface area contributed by atoms with Gasteiger partial charge in [0.25, 0.3) is 0 Å². The molecule has 0 spiro atoms. The second-order valence-electron chi connectivity index (χ2n) is 4.32. The van der Waals surface area contributed by atoms with E-state index in [9.17, 15) is 9.59 Å². The third kappa shape index (κ3) is 2.56. The van der Waals surface area contributed by atoms with Crippen LogP contribution in [0.3, 0.4) is 0 Å². The van der Waals surface area contributed by atoms with Crippen molar-refractivity contribution in [3.8, 4) is 0 Å². The summed E-state index contributed by atoms with van der Waals surface area (Å²) in [6, 6.07) is 8.77. The Balaban J connectivity index is 2.15. The molecule has 0 bridgehead atoms. The molecule has 0 aliphatic carbocycles. The Bertz CT molecular complexity index is 580. The minimum atomic E-state index is -0.287. The van der Waals surface area contributed by atoms with Crippen molar-refractivity contribution in [3.63, 3.8) is 0 Å². The first-order valence-corrected chi connectivity index (χ1v) is 5.75. The van der Waals surface area contributed by atoms with Crippen molar-refractivity contribution in [3.05, 3.63) is 59.0 Å². The Morgan fingerprint density at radius 3 is 2.50 bits per heavy atom. The van der Waals surface area contributed by atoms with Gasteiger partial charge in [0.05, 0.1) is 12.7 Å². The van der Waals surface area contributed by atoms with Crippen molar-refractivity contribution in [2.24, 2.45) is 0 Å². The highest BCUT2D eigenvalue weighted by molar-refractivity contribution is 6.13. The summed E-state index contributed by atoms with van der Waals surface area (Å²) in [7, 11) is 0. The molecule has 92 valence electrons. The van der Waals surface area contributed by atoms with Crippen LogP contribution in [0.5, 0.6) is 0 Å². The number of hydrogen-bond acceptors (Lipinski definition) is 3. The van der Waals surface area contributed by atoms with Gasteiger partial charge in [0.2, 0.25) is 5.78 Å². The summed E-state index contributed by atoms with van der Waals surface area (Å²) < 4.78 is 4.98. The van der Waals surface area contributed by atoms with E-state index in [0.717, 1.165) is 11.1 Å². The van der Waals surface area contributed by atoms with Crippen LogP contribution in [0.15, 0.2) is 41.0 Å². The van der Waals surface area contributed by atoms with Crippen LogP contribution in [0.1, 0.15) is 38.5 Å². The lowest BCUT2D eigenvalue weighted by Crippen LogP contribution is -2.09. The van der Waals surface area contributed by atoms with E-state index in [1.165, 1.54) is 6.26 Å². The lowest BCUT2D eigenvalue weighted by molar-refractivity contribution is 0.0878. The normalized spacial score (nSPS) is 10.3. The molecule has 0 unspecified atom stereocenters. The molecule has 0 aliphatic rings. The van der Waals surface area contributed by atoms with Gasteiger partial charge in [-0.2, -0.15) is 0 Å². The Labute approximate surface area is 105 Å². The lowest BCUT2D eigenvalue weighted by atomic mass is 9.99. The molecule has 3 nitrogen and oxygen atoms in total. The molecule has 1 aromatic heterocycles. The largest absolute Gasteiger partial charge is 0.461 e. The fraction of sp³-hybridized carbons (Fsp3) is 0.200. The maximum Gasteiger partial charge on any atom is 0.205 e. The van der Waals surface area contributed by atoms with Gasteiger partial charge in [-0.1, -0.05) is 23.8 Å². The van der Waals surface area contributed by atoms with Crippen LogP contribution in [0, 0.1) is 13.8 Å². The Hall–Kier alpha value is -2.16. The van der Waals surface area contributed by atoms with E-state index < -0.39 is 0 Å². The predicted octanol–water partition coefficient (Wildman–Crippen LogP) is 3.35. The lowest BCUT2D eigenvalue weighted by Gasteiger charge is -2.04. The zero-order valence-electron chi connectivity index (χ0n) is 10.4. The third-order valence-corrected chi connectivity index (χ3v) is 2.80. The molecule has 3 heteroatoms. The first-order valence-electron chi connectivity index (χ1n) is 5.75. The number of hydrogen-bond donors (Lipinski definition) is 0. The quantitative estimate of drug-likeness (QED) is 0.610. The molecule has 0 amide bonds. The summed E-state index contributed by atoms with van der Waals surface area (Å²) in [4.78, 5) is 23.8. The second kappa shape index (κ2) is 5.00. The van der Waals surface area contributed by atoms with Gasteiger partial charge in [-0.15, -0.1) is 0 Å². The van der Waals surface area contributed by atoms with Crippen LogP contribution in [0.2, 0.25) is 0 Å². The van der Waals surface area contributed by atoms with Crippen LogP contribution in [-0.4, -0.2) is 11.6 Å². The fourth-order valence-electron chi connectivity index (χ4n) is 1.89. The number of aryl methyl sites for hydroxylation is 2. The Morgan fingerprint density at radius 2 is 1.89 bits per heavy atom. The van der Waals surface area contributed by atoms with E-state index in [-0.39, 0.29) is 23.7 Å². The van der Waals surface area contributed by atoms with Gasteiger partial charge in [0.1, 0.15) is 0 Å². The van der Waals surface area contributed by atoms with Crippen LogP contribution >= 0.6 is 0 Å². The fourth-order valence-corrected chi connectivity index (χ4v) is 1.89. The topological polar surface area (TPSA) is 47.3 Å². The molecule has 2 rings (SSSR count). The number of carbonyl (C=O) groups is 2. The summed E-state index contributed by atoms with van der Waals surface area (Å²) in [5, 5.41) is 0. The second-order valence-corrected chi connectivity index (χ2v) is 4.32. The van der Waals surface area contributed by atoms with Crippen molar-refractivity contribution >= 4 is 11.6 Å². The molecule has 1 aromatic carbocycles. The Morgan fingerprint density at radius 1 is 1.11 bits per heavy atom. The van der Waals surface area contributed by atoms with Crippen LogP contribution in [0.4, 0.5) is 0 Å². The average Bonchev–Trinajstić information content (AvgIpc) is 2.81. The zero-order valence-corrected chi connectivity index (χ0v) is 10.4. The van der Waals surface area contributed by atoms with Gasteiger partial charge < -0.3 is 4.42 Å². The van der Waals surface area contributed by atoms with Crippen molar-refractivity contribution in [2.75, 3.05) is 0 Å². The molecular formula is C15H14O3. The van der Waals surface area contributed by atoms with Gasteiger partial charge >= 0.3 is 0 Å². The smallest absolute Gasteiger partial charge is 0.205 e. The molecule has 0 saturated carbocycles. The van der Waals surface area contributed by atoms with Crippen molar-refractivity contribution in [1.29, 1.82) is 0 Å². The van der Waals surface area contributed by atoms with E-state index >= 15 is 0 Å². The van der Waals surface area contributed by atoms with Gasteiger partial charge in [0, 0.05) is 5.56 Å². The monoisotopic (exact) mass is 242 g/mol. The van der Waals surface area contributed by atoms with Crippen molar-refractivity contribution in [2.45, 2.75) is 20.3 Å². The predicted molar refractivity (Wildman–Crippen MR) is 67.9 cm³/mol. The standard InChI is InChI=1S/C15H14O3/c1-10-5-6-12(11(2)8-10)13(16)9-14(17)15-4-3-7-18-15/h3-8H,9H2,1-2H3. The summed E-state index contributed by atoms with van der Waals surface area (Å²) in [5.74, 6) is -0.230. The van der Waals surface area contributed by atoms with Gasteiger partial charge in [0.15, 0.2) is 11.5 Å². The first-order chi connectivity index (χ1) is 8.58. The summed E-state index contributed by atoms with van der Waals surface area (Å²) in [6.45, 7) is 3.84. The molecule has 0 atom stereocenters. The molecule has 18 heavy (non-hydrogen) atoms. The molecule has 0 radical (unpaired) electrons. The number of carbonyl (C=O) groups excluding carboxylic acids is 2. The summed E-state index contributed by atoms with van der Waals surface area (Å²) in [5.41, 5.74) is 2.59. The number of benzene rings is 1. The summed E-state index contributed by atoms with van der Waals surface area (Å²) in [6.07, 6.45) is 1.27. The van der Waals surface area contributed by atoms with E-state index in [1.807, 2.05) is 26.0 Å². The van der Waals surface area contributed by atoms with E-state index in [1.54, 1.807) is 18.2 Å². The number of rotatable bonds is 4. The highest BCUT2D eigenvalue weighted by atomic mass is 16.3. The molecule has 1 heterocycles. The average molecular weight is 242 g/mol. The SMILES string of the molecule is Cc1ccc(C(=O)CC(=O)c2ccco2)c(C)c1. The molecule has 0 N–H and O–H groups in total. The highest BCUT2D eigenvalue weighted by Crippen LogP contribution is 2.14. The molecule has 0 aliphatic heterocycles. The van der Waals surface area contributed by atoms with Gasteiger partial charge in [-0.25, -0.2) is 0 Å².